The second kappa shape index (κ2) is 9.76. The summed E-state index contributed by atoms with van der Waals surface area (Å²) in [6, 6.07) is 8.81. The molecule has 3 aromatic rings. The van der Waals surface area contributed by atoms with Gasteiger partial charge in [-0.15, -0.1) is 0 Å². The standard InChI is InChI=1S/C22H17F6N3O4S/c1-31(12-13-8-14(21(23,24)25)10-15(9-13)22(26,27)28)19(32)17-11-29-20(36(2,33)34)30-18(17)35-16-6-4-3-5-7-16/h3-11H,12H2,1-2H3. The van der Waals surface area contributed by atoms with Gasteiger partial charge in [-0.3, -0.25) is 4.79 Å². The van der Waals surface area contributed by atoms with E-state index in [2.05, 4.69) is 9.97 Å². The molecule has 0 unspecified atom stereocenters. The molecule has 0 atom stereocenters. The third kappa shape index (κ3) is 6.50. The van der Waals surface area contributed by atoms with Crippen molar-refractivity contribution in [2.24, 2.45) is 0 Å². The van der Waals surface area contributed by atoms with Gasteiger partial charge in [0.25, 0.3) is 5.91 Å². The van der Waals surface area contributed by atoms with Crippen LogP contribution in [0.4, 0.5) is 26.3 Å². The molecule has 1 heterocycles. The highest BCUT2D eigenvalue weighted by molar-refractivity contribution is 7.90. The topological polar surface area (TPSA) is 89.5 Å². The maximum absolute atomic E-state index is 13.2. The molecule has 192 valence electrons. The third-order valence-electron chi connectivity index (χ3n) is 4.67. The highest BCUT2D eigenvalue weighted by Gasteiger charge is 2.37. The Morgan fingerprint density at radius 1 is 0.972 bits per heavy atom. The van der Waals surface area contributed by atoms with Crippen LogP contribution in [0.1, 0.15) is 27.0 Å². The first kappa shape index (κ1) is 26.9. The van der Waals surface area contributed by atoms with Crippen molar-refractivity contribution in [1.29, 1.82) is 0 Å². The summed E-state index contributed by atoms with van der Waals surface area (Å²) in [6.45, 7) is -0.648. The predicted molar refractivity (Wildman–Crippen MR) is 114 cm³/mol. The molecule has 0 radical (unpaired) electrons. The number of hydrogen-bond donors (Lipinski definition) is 0. The fraction of sp³-hybridized carbons (Fsp3) is 0.227. The van der Waals surface area contributed by atoms with Gasteiger partial charge in [0, 0.05) is 26.0 Å². The van der Waals surface area contributed by atoms with E-state index in [0.29, 0.717) is 12.1 Å². The zero-order valence-electron chi connectivity index (χ0n) is 18.6. The average Bonchev–Trinajstić information content (AvgIpc) is 2.77. The third-order valence-corrected chi connectivity index (χ3v) is 5.53. The minimum absolute atomic E-state index is 0.0190. The van der Waals surface area contributed by atoms with Crippen LogP contribution in [0.25, 0.3) is 0 Å². The highest BCUT2D eigenvalue weighted by Crippen LogP contribution is 2.36. The molecule has 3 rings (SSSR count). The molecular formula is C22H17F6N3O4S. The Bertz CT molecular complexity index is 1340. The number of benzene rings is 2. The molecule has 0 fully saturated rings. The van der Waals surface area contributed by atoms with Crippen LogP contribution >= 0.6 is 0 Å². The van der Waals surface area contributed by atoms with Crippen molar-refractivity contribution in [1.82, 2.24) is 14.9 Å². The van der Waals surface area contributed by atoms with Crippen molar-refractivity contribution >= 4 is 15.7 Å². The Labute approximate surface area is 201 Å². The number of nitrogens with zero attached hydrogens (tertiary/aromatic N) is 3. The molecule has 1 aromatic heterocycles. The quantitative estimate of drug-likeness (QED) is 0.328. The van der Waals surface area contributed by atoms with Gasteiger partial charge in [0.05, 0.1) is 11.1 Å². The van der Waals surface area contributed by atoms with Gasteiger partial charge in [-0.05, 0) is 35.9 Å². The van der Waals surface area contributed by atoms with Crippen molar-refractivity contribution in [2.45, 2.75) is 24.1 Å². The number of hydrogen-bond acceptors (Lipinski definition) is 6. The summed E-state index contributed by atoms with van der Waals surface area (Å²) in [7, 11) is -2.78. The summed E-state index contributed by atoms with van der Waals surface area (Å²) in [5.41, 5.74) is -3.85. The molecule has 0 aliphatic rings. The van der Waals surface area contributed by atoms with Crippen molar-refractivity contribution in [2.75, 3.05) is 13.3 Å². The average molecular weight is 533 g/mol. The molecule has 1 amide bonds. The zero-order valence-corrected chi connectivity index (χ0v) is 19.4. The number of halogens is 6. The highest BCUT2D eigenvalue weighted by atomic mass is 32.2. The van der Waals surface area contributed by atoms with Crippen molar-refractivity contribution in [3.8, 4) is 11.6 Å². The molecular weight excluding hydrogens is 516 g/mol. The van der Waals surface area contributed by atoms with Crippen molar-refractivity contribution < 1.29 is 44.3 Å². The number of alkyl halides is 6. The van der Waals surface area contributed by atoms with Crippen LogP contribution in [0.2, 0.25) is 0 Å². The predicted octanol–water partition coefficient (Wildman–Crippen LogP) is 4.98. The van der Waals surface area contributed by atoms with Crippen LogP contribution < -0.4 is 4.74 Å². The van der Waals surface area contributed by atoms with Crippen LogP contribution in [0, 0.1) is 0 Å². The maximum Gasteiger partial charge on any atom is 0.416 e. The second-order valence-electron chi connectivity index (χ2n) is 7.63. The normalized spacial score (nSPS) is 12.3. The van der Waals surface area contributed by atoms with E-state index in [-0.39, 0.29) is 17.4 Å². The van der Waals surface area contributed by atoms with Gasteiger partial charge in [0.2, 0.25) is 20.9 Å². The van der Waals surface area contributed by atoms with E-state index in [1.54, 1.807) is 18.2 Å². The lowest BCUT2D eigenvalue weighted by atomic mass is 10.0. The van der Waals surface area contributed by atoms with Gasteiger partial charge in [0.1, 0.15) is 11.3 Å². The first-order valence-electron chi connectivity index (χ1n) is 9.89. The number of ether oxygens (including phenoxy) is 1. The number of aromatic nitrogens is 2. The summed E-state index contributed by atoms with van der Waals surface area (Å²) in [6.07, 6.45) is -8.42. The lowest BCUT2D eigenvalue weighted by Crippen LogP contribution is -2.27. The van der Waals surface area contributed by atoms with Crippen LogP contribution in [-0.2, 0) is 28.7 Å². The van der Waals surface area contributed by atoms with Gasteiger partial charge < -0.3 is 9.64 Å². The minimum Gasteiger partial charge on any atom is -0.438 e. The Kier molecular flexibility index (Phi) is 7.30. The molecule has 0 saturated carbocycles. The zero-order chi connectivity index (χ0) is 26.9. The molecule has 14 heteroatoms. The van der Waals surface area contributed by atoms with Gasteiger partial charge in [-0.25, -0.2) is 13.4 Å². The van der Waals surface area contributed by atoms with Crippen LogP contribution in [0.3, 0.4) is 0 Å². The molecule has 0 aliphatic heterocycles. The van der Waals surface area contributed by atoms with Crippen LogP contribution in [0.15, 0.2) is 59.9 Å². The molecule has 36 heavy (non-hydrogen) atoms. The molecule has 7 nitrogen and oxygen atoms in total. The lowest BCUT2D eigenvalue weighted by molar-refractivity contribution is -0.143. The van der Waals surface area contributed by atoms with E-state index in [1.165, 1.54) is 12.1 Å². The largest absolute Gasteiger partial charge is 0.438 e. The van der Waals surface area contributed by atoms with Crippen LogP contribution in [-0.4, -0.2) is 42.5 Å². The van der Waals surface area contributed by atoms with Gasteiger partial charge in [0.15, 0.2) is 0 Å². The number of sulfone groups is 1. The first-order chi connectivity index (χ1) is 16.6. The van der Waals surface area contributed by atoms with E-state index in [4.69, 9.17) is 4.74 Å². The van der Waals surface area contributed by atoms with E-state index in [9.17, 15) is 39.6 Å². The van der Waals surface area contributed by atoms with E-state index >= 15 is 0 Å². The first-order valence-corrected chi connectivity index (χ1v) is 11.8. The Morgan fingerprint density at radius 2 is 1.53 bits per heavy atom. The number of amides is 1. The number of carbonyl (C=O) groups is 1. The molecule has 0 spiro atoms. The Hall–Kier alpha value is -3.68. The monoisotopic (exact) mass is 533 g/mol. The fourth-order valence-corrected chi connectivity index (χ4v) is 3.51. The van der Waals surface area contributed by atoms with E-state index < -0.39 is 62.4 Å². The summed E-state index contributed by atoms with van der Waals surface area (Å²) < 4.78 is 108. The number of rotatable bonds is 6. The maximum atomic E-state index is 13.2. The van der Waals surface area contributed by atoms with Crippen molar-refractivity contribution in [3.63, 3.8) is 0 Å². The molecule has 0 N–H and O–H groups in total. The summed E-state index contributed by atoms with van der Waals surface area (Å²) in [5.74, 6) is -1.22. The Morgan fingerprint density at radius 3 is 2.03 bits per heavy atom. The van der Waals surface area contributed by atoms with Gasteiger partial charge >= 0.3 is 12.4 Å². The SMILES string of the molecule is CN(Cc1cc(C(F)(F)F)cc(C(F)(F)F)c1)C(=O)c1cnc(S(C)(=O)=O)nc1Oc1ccccc1. The second-order valence-corrected chi connectivity index (χ2v) is 9.54. The summed E-state index contributed by atoms with van der Waals surface area (Å²) in [5, 5.41) is -0.652. The van der Waals surface area contributed by atoms with E-state index in [1.807, 2.05) is 0 Å². The van der Waals surface area contributed by atoms with E-state index in [0.717, 1.165) is 24.4 Å². The molecule has 2 aromatic carbocycles. The number of carbonyl (C=O) groups excluding carboxylic acids is 1. The van der Waals surface area contributed by atoms with Gasteiger partial charge in [-0.1, -0.05) is 18.2 Å². The Balaban J connectivity index is 1.99. The van der Waals surface area contributed by atoms with Crippen LogP contribution in [0.5, 0.6) is 11.6 Å². The lowest BCUT2D eigenvalue weighted by Gasteiger charge is -2.20. The summed E-state index contributed by atoms with van der Waals surface area (Å²) >= 11 is 0. The fourth-order valence-electron chi connectivity index (χ4n) is 3.02. The number of para-hydroxylation sites is 1. The molecule has 0 bridgehead atoms. The van der Waals surface area contributed by atoms with Gasteiger partial charge in [-0.2, -0.15) is 31.3 Å². The summed E-state index contributed by atoms with van der Waals surface area (Å²) in [4.78, 5) is 21.3. The molecule has 0 aliphatic carbocycles. The smallest absolute Gasteiger partial charge is 0.416 e. The van der Waals surface area contributed by atoms with Crippen molar-refractivity contribution in [3.05, 3.63) is 77.0 Å². The molecule has 0 saturated heterocycles. The minimum atomic E-state index is -5.05.